The number of imidazole rings is 1. The molecule has 0 aliphatic heterocycles. The van der Waals surface area contributed by atoms with E-state index in [1.54, 1.807) is 0 Å². The van der Waals surface area contributed by atoms with E-state index in [1.807, 2.05) is 19.4 Å². The summed E-state index contributed by atoms with van der Waals surface area (Å²) in [7, 11) is 0. The molecule has 0 saturated carbocycles. The van der Waals surface area contributed by atoms with Crippen LogP contribution in [0.15, 0.2) is 12.5 Å². The van der Waals surface area contributed by atoms with Crippen molar-refractivity contribution >= 4 is 0 Å². The number of hydrogen-bond acceptors (Lipinski definition) is 3. The summed E-state index contributed by atoms with van der Waals surface area (Å²) in [4.78, 5) is 4.16. The molecule has 0 saturated heterocycles. The van der Waals surface area contributed by atoms with Crippen molar-refractivity contribution in [2.75, 3.05) is 0 Å². The molecule has 1 heterocycles. The molecule has 0 aliphatic carbocycles. The summed E-state index contributed by atoms with van der Waals surface area (Å²) < 4.78 is 2.15. The molecule has 0 spiro atoms. The molecule has 1 rings (SSSR count). The molecule has 4 heteroatoms. The number of aliphatic hydroxyl groups excluding tert-OH is 1. The lowest BCUT2D eigenvalue weighted by atomic mass is 10.1. The molecule has 0 fully saturated rings. The zero-order chi connectivity index (χ0) is 12.1. The van der Waals surface area contributed by atoms with Crippen LogP contribution < -0.4 is 5.32 Å². The van der Waals surface area contributed by atoms with Gasteiger partial charge in [-0.25, -0.2) is 4.98 Å². The van der Waals surface area contributed by atoms with E-state index in [-0.39, 0.29) is 6.10 Å². The molecule has 1 aromatic rings. The van der Waals surface area contributed by atoms with Crippen molar-refractivity contribution in [3.8, 4) is 0 Å². The van der Waals surface area contributed by atoms with Gasteiger partial charge in [0.15, 0.2) is 0 Å². The fraction of sp³-hybridized carbons (Fsp3) is 0.750. The number of aliphatic hydroxyl groups is 1. The van der Waals surface area contributed by atoms with Gasteiger partial charge in [-0.2, -0.15) is 0 Å². The molecule has 0 bridgehead atoms. The summed E-state index contributed by atoms with van der Waals surface area (Å²) >= 11 is 0. The first-order chi connectivity index (χ1) is 7.50. The Kier molecular flexibility index (Phi) is 4.96. The topological polar surface area (TPSA) is 50.1 Å². The van der Waals surface area contributed by atoms with Gasteiger partial charge in [0.1, 0.15) is 0 Å². The maximum Gasteiger partial charge on any atom is 0.0951 e. The van der Waals surface area contributed by atoms with Crippen LogP contribution in [-0.2, 0) is 6.54 Å². The Morgan fingerprint density at radius 1 is 1.38 bits per heavy atom. The minimum absolute atomic E-state index is 0.252. The fourth-order valence-corrected chi connectivity index (χ4v) is 1.81. The van der Waals surface area contributed by atoms with E-state index < -0.39 is 0 Å². The Hall–Kier alpha value is -0.870. The highest BCUT2D eigenvalue weighted by atomic mass is 16.3. The summed E-state index contributed by atoms with van der Waals surface area (Å²) in [6.45, 7) is 8.99. The number of aromatic nitrogens is 2. The Morgan fingerprint density at radius 3 is 2.62 bits per heavy atom. The molecule has 2 unspecified atom stereocenters. The van der Waals surface area contributed by atoms with E-state index in [4.69, 9.17) is 0 Å². The van der Waals surface area contributed by atoms with Gasteiger partial charge in [-0.15, -0.1) is 0 Å². The van der Waals surface area contributed by atoms with Gasteiger partial charge in [0.25, 0.3) is 0 Å². The van der Waals surface area contributed by atoms with E-state index in [0.29, 0.717) is 12.1 Å². The van der Waals surface area contributed by atoms with Gasteiger partial charge >= 0.3 is 0 Å². The van der Waals surface area contributed by atoms with Crippen LogP contribution >= 0.6 is 0 Å². The Bertz CT molecular complexity index is 307. The molecular formula is C12H23N3O. The molecule has 4 nitrogen and oxygen atoms in total. The van der Waals surface area contributed by atoms with Crippen LogP contribution in [0, 0.1) is 0 Å². The van der Waals surface area contributed by atoms with E-state index in [1.165, 1.54) is 5.69 Å². The molecule has 92 valence electrons. The average Bonchev–Trinajstić information content (AvgIpc) is 2.61. The minimum Gasteiger partial charge on any atom is -0.393 e. The number of hydrogen-bond donors (Lipinski definition) is 2. The van der Waals surface area contributed by atoms with Crippen molar-refractivity contribution in [2.24, 2.45) is 0 Å². The van der Waals surface area contributed by atoms with E-state index in [9.17, 15) is 5.11 Å². The third-order valence-electron chi connectivity index (χ3n) is 2.63. The van der Waals surface area contributed by atoms with Gasteiger partial charge in [-0.3, -0.25) is 0 Å². The van der Waals surface area contributed by atoms with Crippen LogP contribution in [0.1, 0.15) is 45.9 Å². The fourth-order valence-electron chi connectivity index (χ4n) is 1.81. The highest BCUT2D eigenvalue weighted by molar-refractivity contribution is 4.99. The third kappa shape index (κ3) is 3.94. The highest BCUT2D eigenvalue weighted by Crippen LogP contribution is 2.09. The Morgan fingerprint density at radius 2 is 2.06 bits per heavy atom. The molecule has 0 amide bonds. The maximum atomic E-state index is 9.27. The van der Waals surface area contributed by atoms with Crippen molar-refractivity contribution in [3.05, 3.63) is 18.2 Å². The largest absolute Gasteiger partial charge is 0.393 e. The summed E-state index contributed by atoms with van der Waals surface area (Å²) in [6.07, 6.45) is 4.27. The van der Waals surface area contributed by atoms with Crippen LogP contribution in [0.25, 0.3) is 0 Å². The van der Waals surface area contributed by atoms with Gasteiger partial charge in [0.2, 0.25) is 0 Å². The lowest BCUT2D eigenvalue weighted by molar-refractivity contribution is 0.170. The monoisotopic (exact) mass is 225 g/mol. The van der Waals surface area contributed by atoms with Crippen molar-refractivity contribution in [1.82, 2.24) is 14.9 Å². The molecule has 0 aliphatic rings. The number of nitrogens with one attached hydrogen (secondary N) is 1. The van der Waals surface area contributed by atoms with Gasteiger partial charge in [-0.1, -0.05) is 0 Å². The lowest BCUT2D eigenvalue weighted by Gasteiger charge is -2.17. The second-order valence-electron chi connectivity index (χ2n) is 4.75. The summed E-state index contributed by atoms with van der Waals surface area (Å²) in [5.74, 6) is 0. The zero-order valence-electron chi connectivity index (χ0n) is 10.6. The summed E-state index contributed by atoms with van der Waals surface area (Å²) in [6, 6.07) is 0.752. The van der Waals surface area contributed by atoms with Crippen molar-refractivity contribution in [2.45, 2.75) is 58.8 Å². The molecule has 0 radical (unpaired) electrons. The van der Waals surface area contributed by atoms with Crippen LogP contribution in [0.5, 0.6) is 0 Å². The van der Waals surface area contributed by atoms with Gasteiger partial charge in [0, 0.05) is 24.8 Å². The maximum absolute atomic E-state index is 9.27. The standard InChI is InChI=1S/C12H23N3O/c1-9(2)15-8-13-6-12(15)7-14-10(3)5-11(4)16/h6,8-11,14,16H,5,7H2,1-4H3. The molecule has 2 atom stereocenters. The third-order valence-corrected chi connectivity index (χ3v) is 2.63. The predicted octanol–water partition coefficient (Wildman–Crippen LogP) is 1.71. The average molecular weight is 225 g/mol. The first-order valence-corrected chi connectivity index (χ1v) is 5.92. The quantitative estimate of drug-likeness (QED) is 0.775. The lowest BCUT2D eigenvalue weighted by Crippen LogP contribution is -2.29. The van der Waals surface area contributed by atoms with Crippen molar-refractivity contribution in [1.29, 1.82) is 0 Å². The minimum atomic E-state index is -0.252. The van der Waals surface area contributed by atoms with Gasteiger partial charge in [0.05, 0.1) is 18.1 Å². The smallest absolute Gasteiger partial charge is 0.0951 e. The molecule has 16 heavy (non-hydrogen) atoms. The number of nitrogens with zero attached hydrogens (tertiary/aromatic N) is 2. The Labute approximate surface area is 97.7 Å². The van der Waals surface area contributed by atoms with Crippen LogP contribution in [0.2, 0.25) is 0 Å². The van der Waals surface area contributed by atoms with Gasteiger partial charge < -0.3 is 15.0 Å². The summed E-state index contributed by atoms with van der Waals surface area (Å²) in [5.41, 5.74) is 1.19. The SMILES string of the molecule is CC(O)CC(C)NCc1cncn1C(C)C. The van der Waals surface area contributed by atoms with Crippen LogP contribution in [-0.4, -0.2) is 26.8 Å². The van der Waals surface area contributed by atoms with Crippen LogP contribution in [0.4, 0.5) is 0 Å². The Balaban J connectivity index is 2.45. The normalized spacial score (nSPS) is 15.4. The molecular weight excluding hydrogens is 202 g/mol. The van der Waals surface area contributed by atoms with Gasteiger partial charge in [-0.05, 0) is 34.1 Å². The van der Waals surface area contributed by atoms with E-state index in [2.05, 4.69) is 35.6 Å². The molecule has 0 aromatic carbocycles. The molecule has 2 N–H and O–H groups in total. The second-order valence-corrected chi connectivity index (χ2v) is 4.75. The van der Waals surface area contributed by atoms with Crippen LogP contribution in [0.3, 0.4) is 0 Å². The zero-order valence-corrected chi connectivity index (χ0v) is 10.6. The molecule has 1 aromatic heterocycles. The van der Waals surface area contributed by atoms with E-state index >= 15 is 0 Å². The number of rotatable bonds is 6. The first-order valence-electron chi connectivity index (χ1n) is 5.92. The van der Waals surface area contributed by atoms with Crippen molar-refractivity contribution in [3.63, 3.8) is 0 Å². The predicted molar refractivity (Wildman–Crippen MR) is 65.2 cm³/mol. The first kappa shape index (κ1) is 13.2. The second kappa shape index (κ2) is 6.01. The van der Waals surface area contributed by atoms with E-state index in [0.717, 1.165) is 13.0 Å². The summed E-state index contributed by atoms with van der Waals surface area (Å²) in [5, 5.41) is 12.7. The van der Waals surface area contributed by atoms with Crippen molar-refractivity contribution < 1.29 is 5.11 Å². The highest BCUT2D eigenvalue weighted by Gasteiger charge is 2.08.